The van der Waals surface area contributed by atoms with Crippen LogP contribution in [0.2, 0.25) is 0 Å². The largest absolute Gasteiger partial charge is 0.338 e. The van der Waals surface area contributed by atoms with Gasteiger partial charge < -0.3 is 4.90 Å². The fraction of sp³-hybridized carbons (Fsp3) is 0.533. The van der Waals surface area contributed by atoms with Crippen molar-refractivity contribution < 1.29 is 4.79 Å². The Bertz CT molecular complexity index is 333. The van der Waals surface area contributed by atoms with E-state index in [9.17, 15) is 4.79 Å². The number of carbonyl (C=O) groups excluding carboxylic acids is 1. The summed E-state index contributed by atoms with van der Waals surface area (Å²) in [5, 5.41) is 0. The highest BCUT2D eigenvalue weighted by atomic mass is 16.2. The maximum absolute atomic E-state index is 11.1. The first-order valence-electron chi connectivity index (χ1n) is 6.59. The second kappa shape index (κ2) is 8.80. The summed E-state index contributed by atoms with van der Waals surface area (Å²) in [6.45, 7) is 11.3. The van der Waals surface area contributed by atoms with E-state index in [0.29, 0.717) is 0 Å². The van der Waals surface area contributed by atoms with Crippen LogP contribution in [0, 0.1) is 0 Å². The number of amides is 1. The van der Waals surface area contributed by atoms with E-state index in [-0.39, 0.29) is 5.91 Å². The number of rotatable bonds is 0. The number of hydrogen-bond donors (Lipinski definition) is 0. The van der Waals surface area contributed by atoms with Gasteiger partial charge in [0.1, 0.15) is 0 Å². The zero-order chi connectivity index (χ0) is 13.3. The van der Waals surface area contributed by atoms with E-state index in [2.05, 4.69) is 18.2 Å². The Balaban J connectivity index is 0.000000581. The molecule has 0 saturated carbocycles. The lowest BCUT2D eigenvalue weighted by Crippen LogP contribution is -2.34. The van der Waals surface area contributed by atoms with Crippen molar-refractivity contribution in [1.29, 1.82) is 0 Å². The van der Waals surface area contributed by atoms with E-state index < -0.39 is 0 Å². The molecule has 0 aromatic heterocycles. The van der Waals surface area contributed by atoms with Gasteiger partial charge in [-0.2, -0.15) is 0 Å². The normalized spacial score (nSPS) is 12.4. The molecular formula is C15H25NO. The lowest BCUT2D eigenvalue weighted by Gasteiger charge is -2.27. The molecule has 2 rings (SSSR count). The van der Waals surface area contributed by atoms with Gasteiger partial charge in [-0.1, -0.05) is 52.0 Å². The zero-order valence-corrected chi connectivity index (χ0v) is 11.8. The minimum Gasteiger partial charge on any atom is -0.338 e. The lowest BCUT2D eigenvalue weighted by molar-refractivity contribution is -0.129. The number of benzene rings is 1. The average molecular weight is 235 g/mol. The molecule has 1 aromatic rings. The van der Waals surface area contributed by atoms with Crippen molar-refractivity contribution in [1.82, 2.24) is 4.90 Å². The van der Waals surface area contributed by atoms with Gasteiger partial charge in [-0.3, -0.25) is 4.79 Å². The molecule has 1 heterocycles. The second-order valence-electron chi connectivity index (χ2n) is 3.46. The molecular weight excluding hydrogens is 210 g/mol. The minimum absolute atomic E-state index is 0.175. The van der Waals surface area contributed by atoms with E-state index in [1.165, 1.54) is 11.1 Å². The monoisotopic (exact) mass is 235 g/mol. The Labute approximate surface area is 106 Å². The van der Waals surface area contributed by atoms with Crippen LogP contribution >= 0.6 is 0 Å². The summed E-state index contributed by atoms with van der Waals surface area (Å²) in [6, 6.07) is 8.34. The summed E-state index contributed by atoms with van der Waals surface area (Å²) in [4.78, 5) is 13.0. The third-order valence-electron chi connectivity index (χ3n) is 2.58. The predicted octanol–water partition coefficient (Wildman–Crippen LogP) is 3.64. The molecule has 0 N–H and O–H groups in total. The fourth-order valence-corrected chi connectivity index (χ4v) is 1.76. The third kappa shape index (κ3) is 4.59. The van der Waals surface area contributed by atoms with Gasteiger partial charge in [0.05, 0.1) is 0 Å². The van der Waals surface area contributed by atoms with Gasteiger partial charge in [-0.25, -0.2) is 0 Å². The van der Waals surface area contributed by atoms with Crippen LogP contribution in [-0.2, 0) is 17.8 Å². The molecule has 0 spiro atoms. The smallest absolute Gasteiger partial charge is 0.219 e. The van der Waals surface area contributed by atoms with Gasteiger partial charge in [0.25, 0.3) is 0 Å². The summed E-state index contributed by atoms with van der Waals surface area (Å²) >= 11 is 0. The molecule has 0 fully saturated rings. The van der Waals surface area contributed by atoms with E-state index in [4.69, 9.17) is 0 Å². The molecule has 0 saturated heterocycles. The van der Waals surface area contributed by atoms with Gasteiger partial charge in [0.15, 0.2) is 0 Å². The average Bonchev–Trinajstić information content (AvgIpc) is 2.42. The van der Waals surface area contributed by atoms with E-state index in [0.717, 1.165) is 19.5 Å². The van der Waals surface area contributed by atoms with Crippen molar-refractivity contribution in [2.75, 3.05) is 6.54 Å². The summed E-state index contributed by atoms with van der Waals surface area (Å²) in [5.74, 6) is 0.175. The molecule has 96 valence electrons. The Hall–Kier alpha value is -1.31. The van der Waals surface area contributed by atoms with Crippen LogP contribution < -0.4 is 0 Å². The quantitative estimate of drug-likeness (QED) is 0.672. The van der Waals surface area contributed by atoms with Crippen molar-refractivity contribution in [2.45, 2.75) is 47.6 Å². The Morgan fingerprint density at radius 1 is 1.06 bits per heavy atom. The van der Waals surface area contributed by atoms with Crippen LogP contribution in [0.15, 0.2) is 24.3 Å². The van der Waals surface area contributed by atoms with Crippen LogP contribution in [0.4, 0.5) is 0 Å². The van der Waals surface area contributed by atoms with Crippen molar-refractivity contribution in [3.8, 4) is 0 Å². The molecule has 1 aliphatic heterocycles. The molecule has 0 radical (unpaired) electrons. The molecule has 1 aliphatic rings. The predicted molar refractivity (Wildman–Crippen MR) is 73.9 cm³/mol. The van der Waals surface area contributed by atoms with Crippen molar-refractivity contribution in [3.63, 3.8) is 0 Å². The second-order valence-corrected chi connectivity index (χ2v) is 3.46. The van der Waals surface area contributed by atoms with Crippen molar-refractivity contribution in [3.05, 3.63) is 35.4 Å². The number of hydrogen-bond acceptors (Lipinski definition) is 1. The van der Waals surface area contributed by atoms with Gasteiger partial charge in [-0.15, -0.1) is 0 Å². The molecule has 1 amide bonds. The van der Waals surface area contributed by atoms with Gasteiger partial charge in [-0.05, 0) is 17.5 Å². The van der Waals surface area contributed by atoms with Crippen LogP contribution in [0.5, 0.6) is 0 Å². The summed E-state index contributed by atoms with van der Waals surface area (Å²) in [5.41, 5.74) is 2.68. The molecule has 2 heteroatoms. The van der Waals surface area contributed by atoms with Crippen LogP contribution in [0.3, 0.4) is 0 Å². The van der Waals surface area contributed by atoms with Crippen LogP contribution in [0.1, 0.15) is 45.7 Å². The first-order valence-corrected chi connectivity index (χ1v) is 6.59. The fourth-order valence-electron chi connectivity index (χ4n) is 1.76. The molecule has 0 unspecified atom stereocenters. The zero-order valence-electron chi connectivity index (χ0n) is 11.8. The molecule has 2 nitrogen and oxygen atoms in total. The number of nitrogens with zero attached hydrogens (tertiary/aromatic N) is 1. The topological polar surface area (TPSA) is 20.3 Å². The summed E-state index contributed by atoms with van der Waals surface area (Å²) < 4.78 is 0. The first kappa shape index (κ1) is 15.7. The van der Waals surface area contributed by atoms with E-state index in [1.54, 1.807) is 6.92 Å². The van der Waals surface area contributed by atoms with E-state index >= 15 is 0 Å². The minimum atomic E-state index is 0.175. The van der Waals surface area contributed by atoms with Crippen molar-refractivity contribution in [2.24, 2.45) is 0 Å². The Morgan fingerprint density at radius 3 is 2.12 bits per heavy atom. The van der Waals surface area contributed by atoms with Crippen LogP contribution in [-0.4, -0.2) is 17.4 Å². The van der Waals surface area contributed by atoms with Crippen molar-refractivity contribution >= 4 is 5.91 Å². The molecule has 0 bridgehead atoms. The van der Waals surface area contributed by atoms with E-state index in [1.807, 2.05) is 38.7 Å². The summed E-state index contributed by atoms with van der Waals surface area (Å²) in [7, 11) is 0. The third-order valence-corrected chi connectivity index (χ3v) is 2.58. The molecule has 17 heavy (non-hydrogen) atoms. The highest BCUT2D eigenvalue weighted by Crippen LogP contribution is 2.17. The van der Waals surface area contributed by atoms with Crippen LogP contribution in [0.25, 0.3) is 0 Å². The standard InChI is InChI=1S/C11H13NO.2C2H6/c1-9(13)12-7-6-10-4-2-3-5-11(10)8-12;2*1-2/h2-5H,6-8H2,1H3;2*1-2H3. The Kier molecular flexibility index (Phi) is 8.12. The maximum Gasteiger partial charge on any atom is 0.219 e. The number of carbonyl (C=O) groups is 1. The highest BCUT2D eigenvalue weighted by Gasteiger charge is 2.16. The maximum atomic E-state index is 11.1. The molecule has 0 aliphatic carbocycles. The lowest BCUT2D eigenvalue weighted by atomic mass is 10.00. The van der Waals surface area contributed by atoms with Gasteiger partial charge >= 0.3 is 0 Å². The molecule has 0 atom stereocenters. The summed E-state index contributed by atoms with van der Waals surface area (Å²) in [6.07, 6.45) is 0.996. The number of fused-ring (bicyclic) bond motifs is 1. The van der Waals surface area contributed by atoms with Gasteiger partial charge in [0, 0.05) is 20.0 Å². The van der Waals surface area contributed by atoms with Gasteiger partial charge in [0.2, 0.25) is 5.91 Å². The molecule has 1 aromatic carbocycles. The Morgan fingerprint density at radius 2 is 1.59 bits per heavy atom. The highest BCUT2D eigenvalue weighted by molar-refractivity contribution is 5.73. The SMILES string of the molecule is CC.CC.CC(=O)N1CCc2ccccc2C1. The first-order chi connectivity index (χ1) is 8.27.